The average Bonchev–Trinajstić information content (AvgIpc) is 3.01. The number of anilines is 1. The maximum Gasteiger partial charge on any atom is 0.439 e. The van der Waals surface area contributed by atoms with Crippen molar-refractivity contribution < 1.29 is 35.9 Å². The Labute approximate surface area is 130 Å². The van der Waals surface area contributed by atoms with Gasteiger partial charge in [0.05, 0.1) is 17.4 Å². The Balaban J connectivity index is 2.21. The highest BCUT2D eigenvalue weighted by molar-refractivity contribution is 6.04. The summed E-state index contributed by atoms with van der Waals surface area (Å²) in [6, 6.07) is 4.44. The molecule has 2 rings (SSSR count). The standard InChI is InChI=1S/C13H9F6N3O2/c14-11(12(15,16)17)13(18,19)24-9-4-2-1-3-8(9)22-10(23)7-5-20-21-6-7/h1-6,11H,(H,20,21)(H,22,23). The summed E-state index contributed by atoms with van der Waals surface area (Å²) in [5.41, 5.74) is -0.326. The largest absolute Gasteiger partial charge is 0.439 e. The molecule has 1 aromatic carbocycles. The second-order valence-electron chi connectivity index (χ2n) is 4.51. The van der Waals surface area contributed by atoms with Gasteiger partial charge in [0.25, 0.3) is 12.1 Å². The highest BCUT2D eigenvalue weighted by atomic mass is 19.4. The Kier molecular flexibility index (Phi) is 4.71. The molecule has 0 saturated carbocycles. The van der Waals surface area contributed by atoms with Crippen LogP contribution in [0.2, 0.25) is 0 Å². The van der Waals surface area contributed by atoms with Crippen LogP contribution in [0.4, 0.5) is 32.0 Å². The number of alkyl halides is 6. The number of aromatic nitrogens is 2. The number of hydrogen-bond acceptors (Lipinski definition) is 3. The van der Waals surface area contributed by atoms with Crippen LogP contribution in [0, 0.1) is 0 Å². The van der Waals surface area contributed by atoms with Crippen LogP contribution in [-0.2, 0) is 0 Å². The normalized spacial score (nSPS) is 13.4. The van der Waals surface area contributed by atoms with Gasteiger partial charge < -0.3 is 10.1 Å². The van der Waals surface area contributed by atoms with Crippen LogP contribution in [0.5, 0.6) is 5.75 Å². The number of aromatic amines is 1. The predicted molar refractivity (Wildman–Crippen MR) is 69.5 cm³/mol. The molecule has 5 nitrogen and oxygen atoms in total. The van der Waals surface area contributed by atoms with Crippen LogP contribution in [0.3, 0.4) is 0 Å². The monoisotopic (exact) mass is 353 g/mol. The van der Waals surface area contributed by atoms with Gasteiger partial charge in [0.15, 0.2) is 0 Å². The van der Waals surface area contributed by atoms with Crippen LogP contribution in [0.25, 0.3) is 0 Å². The lowest BCUT2D eigenvalue weighted by molar-refractivity contribution is -0.304. The van der Waals surface area contributed by atoms with Crippen molar-refractivity contribution in [2.24, 2.45) is 0 Å². The van der Waals surface area contributed by atoms with E-state index in [2.05, 4.69) is 20.3 Å². The fraction of sp³-hybridized carbons (Fsp3) is 0.231. The fourth-order valence-corrected chi connectivity index (χ4v) is 1.62. The van der Waals surface area contributed by atoms with E-state index in [1.165, 1.54) is 18.3 Å². The number of para-hydroxylation sites is 2. The third kappa shape index (κ3) is 3.97. The number of ether oxygens (including phenoxy) is 1. The van der Waals surface area contributed by atoms with Crippen LogP contribution in [-0.4, -0.2) is 34.6 Å². The molecule has 0 spiro atoms. The Morgan fingerprint density at radius 1 is 1.21 bits per heavy atom. The van der Waals surface area contributed by atoms with E-state index >= 15 is 0 Å². The minimum atomic E-state index is -5.81. The molecule has 2 aromatic rings. The van der Waals surface area contributed by atoms with Crippen molar-refractivity contribution in [3.8, 4) is 5.75 Å². The lowest BCUT2D eigenvalue weighted by Crippen LogP contribution is -2.45. The number of hydrogen-bond donors (Lipinski definition) is 2. The Morgan fingerprint density at radius 2 is 1.88 bits per heavy atom. The molecule has 0 aliphatic heterocycles. The summed E-state index contributed by atoms with van der Waals surface area (Å²) < 4.78 is 79.8. The summed E-state index contributed by atoms with van der Waals surface area (Å²) in [5, 5.41) is 8.00. The van der Waals surface area contributed by atoms with Crippen molar-refractivity contribution in [2.45, 2.75) is 18.5 Å². The van der Waals surface area contributed by atoms with E-state index < -0.39 is 30.1 Å². The molecule has 0 aliphatic rings. The van der Waals surface area contributed by atoms with Gasteiger partial charge in [-0.1, -0.05) is 12.1 Å². The molecule has 0 saturated heterocycles. The van der Waals surface area contributed by atoms with Crippen LogP contribution < -0.4 is 10.1 Å². The first kappa shape index (κ1) is 17.6. The molecule has 0 bridgehead atoms. The van der Waals surface area contributed by atoms with Crippen molar-refractivity contribution in [1.82, 2.24) is 10.2 Å². The third-order valence-corrected chi connectivity index (χ3v) is 2.72. The zero-order valence-electron chi connectivity index (χ0n) is 11.6. The highest BCUT2D eigenvalue weighted by Crippen LogP contribution is 2.38. The van der Waals surface area contributed by atoms with Crippen LogP contribution in [0.1, 0.15) is 10.4 Å². The topological polar surface area (TPSA) is 67.0 Å². The molecule has 1 heterocycles. The predicted octanol–water partition coefficient (Wildman–Crippen LogP) is 3.53. The van der Waals surface area contributed by atoms with Crippen molar-refractivity contribution in [1.29, 1.82) is 0 Å². The number of amides is 1. The molecule has 1 unspecified atom stereocenters. The zero-order chi connectivity index (χ0) is 18.0. The maximum absolute atomic E-state index is 13.3. The highest BCUT2D eigenvalue weighted by Gasteiger charge is 2.59. The lowest BCUT2D eigenvalue weighted by atomic mass is 10.2. The SMILES string of the molecule is O=C(Nc1ccccc1OC(F)(F)C(F)C(F)(F)F)c1cn[nH]c1. The Hall–Kier alpha value is -2.72. The summed E-state index contributed by atoms with van der Waals surface area (Å²) in [6.45, 7) is 0. The van der Waals surface area contributed by atoms with E-state index in [0.29, 0.717) is 0 Å². The molecule has 0 fully saturated rings. The number of benzene rings is 1. The van der Waals surface area contributed by atoms with E-state index in [4.69, 9.17) is 0 Å². The minimum Gasteiger partial charge on any atom is -0.428 e. The van der Waals surface area contributed by atoms with Crippen molar-refractivity contribution in [3.63, 3.8) is 0 Å². The lowest BCUT2D eigenvalue weighted by Gasteiger charge is -2.24. The number of halogens is 6. The summed E-state index contributed by atoms with van der Waals surface area (Å²) in [7, 11) is 0. The van der Waals surface area contributed by atoms with Crippen LogP contribution >= 0.6 is 0 Å². The number of rotatable bonds is 5. The number of carbonyl (C=O) groups excluding carboxylic acids is 1. The average molecular weight is 353 g/mol. The third-order valence-electron chi connectivity index (χ3n) is 2.72. The number of nitrogens with one attached hydrogen (secondary N) is 2. The molecule has 1 atom stereocenters. The molecular weight excluding hydrogens is 344 g/mol. The van der Waals surface area contributed by atoms with Crippen molar-refractivity contribution in [3.05, 3.63) is 42.2 Å². The van der Waals surface area contributed by atoms with Gasteiger partial charge in [-0.05, 0) is 12.1 Å². The van der Waals surface area contributed by atoms with E-state index in [-0.39, 0.29) is 11.3 Å². The van der Waals surface area contributed by atoms with Gasteiger partial charge in [0.1, 0.15) is 5.75 Å². The number of carbonyl (C=O) groups is 1. The molecule has 0 aliphatic carbocycles. The summed E-state index contributed by atoms with van der Waals surface area (Å²) in [4.78, 5) is 11.8. The Bertz CT molecular complexity index is 702. The fourth-order valence-electron chi connectivity index (χ4n) is 1.62. The second kappa shape index (κ2) is 6.42. The van der Waals surface area contributed by atoms with Crippen molar-refractivity contribution >= 4 is 11.6 Å². The first-order valence-electron chi connectivity index (χ1n) is 6.28. The molecule has 1 aromatic heterocycles. The molecule has 1 amide bonds. The number of nitrogens with zero attached hydrogens (tertiary/aromatic N) is 1. The van der Waals surface area contributed by atoms with Crippen molar-refractivity contribution in [2.75, 3.05) is 5.32 Å². The maximum atomic E-state index is 13.3. The van der Waals surface area contributed by atoms with E-state index in [1.807, 2.05) is 0 Å². The molecule has 130 valence electrons. The van der Waals surface area contributed by atoms with Gasteiger partial charge in [0, 0.05) is 6.20 Å². The van der Waals surface area contributed by atoms with Gasteiger partial charge in [-0.15, -0.1) is 0 Å². The summed E-state index contributed by atoms with van der Waals surface area (Å²) >= 11 is 0. The van der Waals surface area contributed by atoms with Crippen LogP contribution in [0.15, 0.2) is 36.7 Å². The zero-order valence-corrected chi connectivity index (χ0v) is 11.6. The molecular formula is C13H9F6N3O2. The van der Waals surface area contributed by atoms with Gasteiger partial charge in [0.2, 0.25) is 0 Å². The minimum absolute atomic E-state index is 0.0372. The molecule has 24 heavy (non-hydrogen) atoms. The quantitative estimate of drug-likeness (QED) is 0.808. The summed E-state index contributed by atoms with van der Waals surface area (Å²) in [6.07, 6.45) is -13.2. The molecule has 2 N–H and O–H groups in total. The van der Waals surface area contributed by atoms with Gasteiger partial charge >= 0.3 is 12.3 Å². The van der Waals surface area contributed by atoms with Gasteiger partial charge in [-0.3, -0.25) is 9.89 Å². The molecule has 0 radical (unpaired) electrons. The van der Waals surface area contributed by atoms with Gasteiger partial charge in [-0.2, -0.15) is 27.1 Å². The second-order valence-corrected chi connectivity index (χ2v) is 4.51. The van der Waals surface area contributed by atoms with E-state index in [1.54, 1.807) is 0 Å². The van der Waals surface area contributed by atoms with E-state index in [0.717, 1.165) is 18.3 Å². The molecule has 11 heteroatoms. The Morgan fingerprint density at radius 3 is 2.46 bits per heavy atom. The van der Waals surface area contributed by atoms with Gasteiger partial charge in [-0.25, -0.2) is 4.39 Å². The smallest absolute Gasteiger partial charge is 0.428 e. The number of H-pyrrole nitrogens is 1. The van der Waals surface area contributed by atoms with E-state index in [9.17, 15) is 31.1 Å². The first-order valence-corrected chi connectivity index (χ1v) is 6.28. The summed E-state index contributed by atoms with van der Waals surface area (Å²) in [5.74, 6) is -1.61. The first-order chi connectivity index (χ1) is 11.1.